The van der Waals surface area contributed by atoms with Gasteiger partial charge in [-0.05, 0) is 29.8 Å². The van der Waals surface area contributed by atoms with Gasteiger partial charge in [0.05, 0.1) is 18.2 Å². The summed E-state index contributed by atoms with van der Waals surface area (Å²) in [6.07, 6.45) is -0.834. The fourth-order valence-corrected chi connectivity index (χ4v) is 3.72. The number of carbonyl (C=O) groups excluding carboxylic acids is 2. The monoisotopic (exact) mass is 385 g/mol. The average Bonchev–Trinajstić information content (AvgIpc) is 2.68. The van der Waals surface area contributed by atoms with Crippen molar-refractivity contribution in [1.29, 1.82) is 0 Å². The molecule has 2 aliphatic rings. The molecule has 7 heteroatoms. The van der Waals surface area contributed by atoms with E-state index in [0.29, 0.717) is 36.1 Å². The average molecular weight is 386 g/mol. The van der Waals surface area contributed by atoms with Crippen molar-refractivity contribution in [2.45, 2.75) is 18.6 Å². The number of piperazine rings is 1. The van der Waals surface area contributed by atoms with E-state index in [1.807, 2.05) is 36.4 Å². The van der Waals surface area contributed by atoms with E-state index in [4.69, 9.17) is 16.3 Å². The van der Waals surface area contributed by atoms with Gasteiger partial charge in [-0.1, -0.05) is 35.9 Å². The number of ether oxygens (including phenoxy) is 1. The summed E-state index contributed by atoms with van der Waals surface area (Å²) in [4.78, 5) is 27.1. The number of nitrogens with one attached hydrogen (secondary N) is 2. The summed E-state index contributed by atoms with van der Waals surface area (Å²) in [6.45, 7) is 1.93. The van der Waals surface area contributed by atoms with Gasteiger partial charge in [-0.3, -0.25) is 9.59 Å². The van der Waals surface area contributed by atoms with Crippen LogP contribution in [0, 0.1) is 0 Å². The van der Waals surface area contributed by atoms with Crippen LogP contribution < -0.4 is 15.4 Å². The minimum absolute atomic E-state index is 0.00274. The Labute approximate surface area is 162 Å². The second-order valence-electron chi connectivity index (χ2n) is 6.66. The highest BCUT2D eigenvalue weighted by Crippen LogP contribution is 2.31. The molecule has 0 spiro atoms. The normalized spacial score (nSPS) is 21.8. The molecule has 140 valence electrons. The molecule has 0 saturated carbocycles. The van der Waals surface area contributed by atoms with Gasteiger partial charge in [0.2, 0.25) is 5.91 Å². The maximum absolute atomic E-state index is 13.0. The van der Waals surface area contributed by atoms with Crippen LogP contribution in [-0.4, -0.2) is 42.5 Å². The van der Waals surface area contributed by atoms with Crippen LogP contribution in [-0.2, 0) is 9.59 Å². The van der Waals surface area contributed by atoms with Gasteiger partial charge in [-0.15, -0.1) is 0 Å². The van der Waals surface area contributed by atoms with E-state index < -0.39 is 6.10 Å². The fourth-order valence-electron chi connectivity index (χ4n) is 3.52. The molecular formula is C20H20ClN3O3. The Hall–Kier alpha value is -2.57. The largest absolute Gasteiger partial charge is 0.478 e. The van der Waals surface area contributed by atoms with Gasteiger partial charge in [-0.25, -0.2) is 0 Å². The number of hydrogen-bond donors (Lipinski definition) is 2. The lowest BCUT2D eigenvalue weighted by atomic mass is 10.0. The number of para-hydroxylation sites is 2. The topological polar surface area (TPSA) is 70.7 Å². The lowest BCUT2D eigenvalue weighted by molar-refractivity contribution is -0.139. The van der Waals surface area contributed by atoms with Gasteiger partial charge < -0.3 is 20.3 Å². The van der Waals surface area contributed by atoms with E-state index in [2.05, 4.69) is 10.6 Å². The summed E-state index contributed by atoms with van der Waals surface area (Å²) in [5.74, 6) is 0.180. The molecule has 1 saturated heterocycles. The summed E-state index contributed by atoms with van der Waals surface area (Å²) in [6, 6.07) is 14.6. The maximum atomic E-state index is 13.0. The van der Waals surface area contributed by atoms with E-state index in [-0.39, 0.29) is 24.3 Å². The summed E-state index contributed by atoms with van der Waals surface area (Å²) in [5.41, 5.74) is 1.60. The molecule has 2 unspecified atom stereocenters. The number of nitrogens with zero attached hydrogens (tertiary/aromatic N) is 1. The number of amides is 2. The lowest BCUT2D eigenvalue weighted by Gasteiger charge is -2.37. The molecule has 2 aliphatic heterocycles. The Morgan fingerprint density at radius 2 is 2.07 bits per heavy atom. The summed E-state index contributed by atoms with van der Waals surface area (Å²) >= 11 is 6.12. The first kappa shape index (κ1) is 17.8. The van der Waals surface area contributed by atoms with Gasteiger partial charge in [0, 0.05) is 24.7 Å². The smallest absolute Gasteiger partial charge is 0.266 e. The van der Waals surface area contributed by atoms with Crippen LogP contribution in [0.1, 0.15) is 18.0 Å². The van der Waals surface area contributed by atoms with Crippen molar-refractivity contribution in [2.75, 3.05) is 25.0 Å². The van der Waals surface area contributed by atoms with Crippen LogP contribution in [0.25, 0.3) is 0 Å². The zero-order valence-corrected chi connectivity index (χ0v) is 15.4. The number of anilines is 1. The van der Waals surface area contributed by atoms with E-state index in [1.54, 1.807) is 17.0 Å². The van der Waals surface area contributed by atoms with Gasteiger partial charge >= 0.3 is 0 Å². The first-order valence-electron chi connectivity index (χ1n) is 8.94. The number of carbonyl (C=O) groups is 2. The zero-order valence-electron chi connectivity index (χ0n) is 14.7. The molecular weight excluding hydrogens is 366 g/mol. The van der Waals surface area contributed by atoms with Gasteiger partial charge in [-0.2, -0.15) is 0 Å². The number of fused-ring (bicyclic) bond motifs is 1. The number of benzene rings is 2. The Kier molecular flexibility index (Phi) is 5.01. The van der Waals surface area contributed by atoms with E-state index in [0.717, 1.165) is 5.56 Å². The minimum Gasteiger partial charge on any atom is -0.478 e. The summed E-state index contributed by atoms with van der Waals surface area (Å²) in [5, 5.41) is 6.76. The van der Waals surface area contributed by atoms with E-state index in [9.17, 15) is 9.59 Å². The van der Waals surface area contributed by atoms with Crippen molar-refractivity contribution >= 4 is 29.1 Å². The molecule has 4 rings (SSSR count). The van der Waals surface area contributed by atoms with Gasteiger partial charge in [0.25, 0.3) is 5.91 Å². The third-order valence-electron chi connectivity index (χ3n) is 4.86. The Morgan fingerprint density at radius 3 is 2.93 bits per heavy atom. The van der Waals surface area contributed by atoms with E-state index >= 15 is 0 Å². The van der Waals surface area contributed by atoms with Crippen molar-refractivity contribution < 1.29 is 14.3 Å². The standard InChI is InChI=1S/C20H20ClN3O3/c21-14-5-3-4-13(10-14)16-12-22-8-9-24(16)19(25)11-18-20(26)23-15-6-1-2-7-17(15)27-18/h1-7,10,16,18,22H,8-9,11-12H2,(H,23,26). The van der Waals surface area contributed by atoms with Crippen molar-refractivity contribution in [2.24, 2.45) is 0 Å². The molecule has 2 amide bonds. The highest BCUT2D eigenvalue weighted by atomic mass is 35.5. The molecule has 0 aromatic heterocycles. The molecule has 2 N–H and O–H groups in total. The molecule has 1 fully saturated rings. The molecule has 0 aliphatic carbocycles. The number of halogens is 1. The predicted molar refractivity (Wildman–Crippen MR) is 103 cm³/mol. The Morgan fingerprint density at radius 1 is 1.22 bits per heavy atom. The quantitative estimate of drug-likeness (QED) is 0.852. The third-order valence-corrected chi connectivity index (χ3v) is 5.10. The van der Waals surface area contributed by atoms with Crippen molar-refractivity contribution in [3.63, 3.8) is 0 Å². The van der Waals surface area contributed by atoms with E-state index in [1.165, 1.54) is 0 Å². The molecule has 2 heterocycles. The minimum atomic E-state index is -0.831. The van der Waals surface area contributed by atoms with Crippen LogP contribution in [0.2, 0.25) is 5.02 Å². The fraction of sp³-hybridized carbons (Fsp3) is 0.300. The van der Waals surface area contributed by atoms with Crippen LogP contribution in [0.4, 0.5) is 5.69 Å². The van der Waals surface area contributed by atoms with Crippen molar-refractivity contribution in [1.82, 2.24) is 10.2 Å². The summed E-state index contributed by atoms with van der Waals surface area (Å²) < 4.78 is 5.77. The van der Waals surface area contributed by atoms with Crippen molar-refractivity contribution in [3.05, 3.63) is 59.1 Å². The molecule has 6 nitrogen and oxygen atoms in total. The first-order valence-corrected chi connectivity index (χ1v) is 9.32. The SMILES string of the molecule is O=C1Nc2ccccc2OC1CC(=O)N1CCNCC1c1cccc(Cl)c1. The predicted octanol–water partition coefficient (Wildman–Crippen LogP) is 2.60. The van der Waals surface area contributed by atoms with Crippen LogP contribution in [0.15, 0.2) is 48.5 Å². The Bertz CT molecular complexity index is 873. The molecule has 2 aromatic carbocycles. The molecule has 0 radical (unpaired) electrons. The lowest BCUT2D eigenvalue weighted by Crippen LogP contribution is -2.50. The second-order valence-corrected chi connectivity index (χ2v) is 7.09. The van der Waals surface area contributed by atoms with Gasteiger partial charge in [0.1, 0.15) is 5.75 Å². The first-order chi connectivity index (χ1) is 13.1. The molecule has 0 bridgehead atoms. The number of hydrogen-bond acceptors (Lipinski definition) is 4. The van der Waals surface area contributed by atoms with Crippen LogP contribution in [0.5, 0.6) is 5.75 Å². The van der Waals surface area contributed by atoms with Crippen molar-refractivity contribution in [3.8, 4) is 5.75 Å². The van der Waals surface area contributed by atoms with Crippen LogP contribution in [0.3, 0.4) is 0 Å². The summed E-state index contributed by atoms with van der Waals surface area (Å²) in [7, 11) is 0. The zero-order chi connectivity index (χ0) is 18.8. The van der Waals surface area contributed by atoms with Crippen LogP contribution >= 0.6 is 11.6 Å². The molecule has 27 heavy (non-hydrogen) atoms. The highest BCUT2D eigenvalue weighted by Gasteiger charge is 2.34. The molecule has 2 aromatic rings. The Balaban J connectivity index is 1.50. The number of rotatable bonds is 3. The third kappa shape index (κ3) is 3.77. The molecule has 2 atom stereocenters. The van der Waals surface area contributed by atoms with Gasteiger partial charge in [0.15, 0.2) is 6.10 Å². The highest BCUT2D eigenvalue weighted by molar-refractivity contribution is 6.30. The second kappa shape index (κ2) is 7.58. The maximum Gasteiger partial charge on any atom is 0.266 e.